The van der Waals surface area contributed by atoms with Crippen molar-refractivity contribution in [3.05, 3.63) is 47.5 Å². The Hall–Kier alpha value is -1.75. The lowest BCUT2D eigenvalue weighted by Gasteiger charge is -2.03. The van der Waals surface area contributed by atoms with E-state index >= 15 is 0 Å². The summed E-state index contributed by atoms with van der Waals surface area (Å²) in [7, 11) is 1.81. The summed E-state index contributed by atoms with van der Waals surface area (Å²) in [6, 6.07) is 6.72. The molecule has 84 valence electrons. The van der Waals surface area contributed by atoms with Crippen LogP contribution in [0.25, 0.3) is 0 Å². The van der Waals surface area contributed by atoms with Crippen LogP contribution in [0.3, 0.4) is 0 Å². The summed E-state index contributed by atoms with van der Waals surface area (Å²) >= 11 is 0. The minimum absolute atomic E-state index is 0.186. The van der Waals surface area contributed by atoms with Gasteiger partial charge in [-0.1, -0.05) is 23.4 Å². The van der Waals surface area contributed by atoms with Gasteiger partial charge in [0.2, 0.25) is 0 Å². The van der Waals surface area contributed by atoms with Crippen LogP contribution in [0.4, 0.5) is 4.39 Å². The maximum Gasteiger partial charge on any atom is 0.127 e. The predicted molar refractivity (Wildman–Crippen MR) is 57.9 cm³/mol. The van der Waals surface area contributed by atoms with Gasteiger partial charge in [0, 0.05) is 31.9 Å². The van der Waals surface area contributed by atoms with Gasteiger partial charge in [-0.15, -0.1) is 5.10 Å². The number of benzene rings is 1. The molecule has 2 rings (SSSR count). The summed E-state index contributed by atoms with van der Waals surface area (Å²) in [5, 5.41) is 10.9. The maximum absolute atomic E-state index is 13.2. The average Bonchev–Trinajstić information content (AvgIpc) is 2.67. The molecule has 0 amide bonds. The fourth-order valence-corrected chi connectivity index (χ4v) is 1.44. The number of hydrogen-bond donors (Lipinski definition) is 1. The molecule has 1 aromatic heterocycles. The van der Waals surface area contributed by atoms with Crippen LogP contribution in [0.1, 0.15) is 11.3 Å². The van der Waals surface area contributed by atoms with Crippen molar-refractivity contribution in [2.45, 2.75) is 13.1 Å². The highest BCUT2D eigenvalue weighted by molar-refractivity contribution is 5.16. The zero-order valence-corrected chi connectivity index (χ0v) is 9.02. The Kier molecular flexibility index (Phi) is 3.26. The molecular weight excluding hydrogens is 207 g/mol. The summed E-state index contributed by atoms with van der Waals surface area (Å²) in [5.74, 6) is -0.186. The quantitative estimate of drug-likeness (QED) is 0.843. The summed E-state index contributed by atoms with van der Waals surface area (Å²) in [4.78, 5) is 0. The second-order valence-electron chi connectivity index (χ2n) is 3.58. The summed E-state index contributed by atoms with van der Waals surface area (Å²) < 4.78 is 14.9. The van der Waals surface area contributed by atoms with Crippen LogP contribution in [-0.2, 0) is 20.1 Å². The first-order valence-corrected chi connectivity index (χ1v) is 5.05. The van der Waals surface area contributed by atoms with E-state index in [1.54, 1.807) is 16.8 Å². The van der Waals surface area contributed by atoms with Crippen LogP contribution >= 0.6 is 0 Å². The Morgan fingerprint density at radius 1 is 1.31 bits per heavy atom. The Morgan fingerprint density at radius 2 is 2.12 bits per heavy atom. The molecule has 0 fully saturated rings. The Labute approximate surface area is 93.1 Å². The van der Waals surface area contributed by atoms with E-state index in [2.05, 4.69) is 15.6 Å². The number of nitrogens with zero attached hydrogens (tertiary/aromatic N) is 3. The molecule has 0 aliphatic rings. The highest BCUT2D eigenvalue weighted by Crippen LogP contribution is 2.05. The minimum Gasteiger partial charge on any atom is -0.307 e. The van der Waals surface area contributed by atoms with Gasteiger partial charge in [-0.2, -0.15) is 0 Å². The van der Waals surface area contributed by atoms with Crippen LogP contribution in [0.5, 0.6) is 0 Å². The lowest BCUT2D eigenvalue weighted by molar-refractivity contribution is 0.585. The molecule has 0 spiro atoms. The summed E-state index contributed by atoms with van der Waals surface area (Å²) in [6.45, 7) is 1.07. The number of halogens is 1. The fraction of sp³-hybridized carbons (Fsp3) is 0.273. The first kappa shape index (κ1) is 10.8. The Morgan fingerprint density at radius 3 is 2.81 bits per heavy atom. The van der Waals surface area contributed by atoms with Gasteiger partial charge in [-0.25, -0.2) is 4.39 Å². The van der Waals surface area contributed by atoms with Crippen LogP contribution in [0, 0.1) is 5.82 Å². The summed E-state index contributed by atoms with van der Waals surface area (Å²) in [6.07, 6.45) is 1.83. The number of nitrogens with one attached hydrogen (secondary N) is 1. The average molecular weight is 220 g/mol. The molecule has 1 aromatic carbocycles. The third-order valence-corrected chi connectivity index (χ3v) is 2.23. The van der Waals surface area contributed by atoms with E-state index in [1.165, 1.54) is 6.07 Å². The fourth-order valence-electron chi connectivity index (χ4n) is 1.44. The SMILES string of the molecule is Cn1cc(CNCc2ccccc2F)nn1. The molecule has 1 heterocycles. The van der Waals surface area contributed by atoms with Crippen molar-refractivity contribution in [3.8, 4) is 0 Å². The van der Waals surface area contributed by atoms with Crippen LogP contribution in [0.2, 0.25) is 0 Å². The molecule has 0 saturated carbocycles. The number of rotatable bonds is 4. The van der Waals surface area contributed by atoms with Gasteiger partial charge in [0.15, 0.2) is 0 Å². The van der Waals surface area contributed by atoms with Crippen LogP contribution in [0.15, 0.2) is 30.5 Å². The van der Waals surface area contributed by atoms with Gasteiger partial charge in [-0.3, -0.25) is 4.68 Å². The lowest BCUT2D eigenvalue weighted by atomic mass is 10.2. The zero-order chi connectivity index (χ0) is 11.4. The van der Waals surface area contributed by atoms with Gasteiger partial charge < -0.3 is 5.32 Å². The van der Waals surface area contributed by atoms with Crippen molar-refractivity contribution in [2.24, 2.45) is 7.05 Å². The molecule has 0 saturated heterocycles. The van der Waals surface area contributed by atoms with Crippen LogP contribution < -0.4 is 5.32 Å². The van der Waals surface area contributed by atoms with Gasteiger partial charge in [0.05, 0.1) is 5.69 Å². The van der Waals surface area contributed by atoms with Crippen molar-refractivity contribution in [2.75, 3.05) is 0 Å². The highest BCUT2D eigenvalue weighted by Gasteiger charge is 2.01. The predicted octanol–water partition coefficient (Wildman–Crippen LogP) is 1.24. The van der Waals surface area contributed by atoms with Gasteiger partial charge in [-0.05, 0) is 6.07 Å². The topological polar surface area (TPSA) is 42.7 Å². The third kappa shape index (κ3) is 2.64. The molecule has 4 nitrogen and oxygen atoms in total. The largest absolute Gasteiger partial charge is 0.307 e. The molecule has 0 unspecified atom stereocenters. The monoisotopic (exact) mass is 220 g/mol. The normalized spacial score (nSPS) is 10.6. The molecule has 0 aliphatic heterocycles. The van der Waals surface area contributed by atoms with Crippen molar-refractivity contribution < 1.29 is 4.39 Å². The molecule has 16 heavy (non-hydrogen) atoms. The van der Waals surface area contributed by atoms with E-state index in [0.717, 1.165) is 5.69 Å². The highest BCUT2D eigenvalue weighted by atomic mass is 19.1. The van der Waals surface area contributed by atoms with E-state index in [0.29, 0.717) is 18.7 Å². The van der Waals surface area contributed by atoms with E-state index in [4.69, 9.17) is 0 Å². The van der Waals surface area contributed by atoms with Crippen molar-refractivity contribution in [1.82, 2.24) is 20.3 Å². The molecule has 5 heteroatoms. The second kappa shape index (κ2) is 4.85. The Bertz CT molecular complexity index is 467. The molecule has 0 aliphatic carbocycles. The first-order valence-electron chi connectivity index (χ1n) is 5.05. The Balaban J connectivity index is 1.87. The summed E-state index contributed by atoms with van der Waals surface area (Å²) in [5.41, 5.74) is 1.50. The molecule has 0 atom stereocenters. The smallest absolute Gasteiger partial charge is 0.127 e. The standard InChI is InChI=1S/C11H13FN4/c1-16-8-10(14-15-16)7-13-6-9-4-2-3-5-11(9)12/h2-5,8,13H,6-7H2,1H3. The molecule has 0 radical (unpaired) electrons. The third-order valence-electron chi connectivity index (χ3n) is 2.23. The van der Waals surface area contributed by atoms with Crippen molar-refractivity contribution >= 4 is 0 Å². The van der Waals surface area contributed by atoms with Gasteiger partial charge in [0.1, 0.15) is 5.82 Å². The first-order chi connectivity index (χ1) is 7.75. The van der Waals surface area contributed by atoms with E-state index in [1.807, 2.05) is 19.3 Å². The van der Waals surface area contributed by atoms with Crippen molar-refractivity contribution in [1.29, 1.82) is 0 Å². The zero-order valence-electron chi connectivity index (χ0n) is 9.02. The maximum atomic E-state index is 13.2. The van der Waals surface area contributed by atoms with E-state index in [-0.39, 0.29) is 5.82 Å². The number of aryl methyl sites for hydroxylation is 1. The molecule has 1 N–H and O–H groups in total. The van der Waals surface area contributed by atoms with Crippen molar-refractivity contribution in [3.63, 3.8) is 0 Å². The molecule has 2 aromatic rings. The molecular formula is C11H13FN4. The van der Waals surface area contributed by atoms with Gasteiger partial charge >= 0.3 is 0 Å². The van der Waals surface area contributed by atoms with Crippen LogP contribution in [-0.4, -0.2) is 15.0 Å². The van der Waals surface area contributed by atoms with E-state index < -0.39 is 0 Å². The van der Waals surface area contributed by atoms with Gasteiger partial charge in [0.25, 0.3) is 0 Å². The minimum atomic E-state index is -0.186. The number of hydrogen-bond acceptors (Lipinski definition) is 3. The lowest BCUT2D eigenvalue weighted by Crippen LogP contribution is -2.13. The second-order valence-corrected chi connectivity index (χ2v) is 3.58. The van der Waals surface area contributed by atoms with E-state index in [9.17, 15) is 4.39 Å². The number of aromatic nitrogens is 3. The molecule has 0 bridgehead atoms.